The van der Waals surface area contributed by atoms with Crippen LogP contribution in [-0.2, 0) is 9.53 Å². The molecule has 0 saturated carbocycles. The van der Waals surface area contributed by atoms with Crippen LogP contribution in [0.25, 0.3) is 0 Å². The molecule has 0 aromatic rings. The molecule has 16 heavy (non-hydrogen) atoms. The van der Waals surface area contributed by atoms with Crippen LogP contribution >= 0.6 is 11.8 Å². The fourth-order valence-corrected chi connectivity index (χ4v) is 1.63. The predicted molar refractivity (Wildman–Crippen MR) is 70.9 cm³/mol. The minimum atomic E-state index is -0.139. The third-order valence-corrected chi connectivity index (χ3v) is 2.43. The second-order valence-corrected chi connectivity index (χ2v) is 6.92. The summed E-state index contributed by atoms with van der Waals surface area (Å²) < 4.78 is 5.56. The molecule has 0 aromatic carbocycles. The first-order chi connectivity index (χ1) is 7.10. The average molecular weight is 247 g/mol. The number of carbonyl (C=O) groups excluding carboxylic acids is 1. The molecule has 4 heteroatoms. The van der Waals surface area contributed by atoms with Gasteiger partial charge < -0.3 is 10.1 Å². The number of hydrogen-bond acceptors (Lipinski definition) is 3. The van der Waals surface area contributed by atoms with Gasteiger partial charge in [0.2, 0.25) is 5.91 Å². The highest BCUT2D eigenvalue weighted by molar-refractivity contribution is 7.99. The number of hydrogen-bond donors (Lipinski definition) is 1. The zero-order chi connectivity index (χ0) is 12.8. The lowest BCUT2D eigenvalue weighted by atomic mass is 10.1. The van der Waals surface area contributed by atoms with Gasteiger partial charge in [0, 0.05) is 11.3 Å². The Balaban J connectivity index is 3.50. The zero-order valence-electron chi connectivity index (χ0n) is 11.3. The Kier molecular flexibility index (Phi) is 6.41. The van der Waals surface area contributed by atoms with Crippen molar-refractivity contribution in [3.05, 3.63) is 0 Å². The Hall–Kier alpha value is -0.220. The summed E-state index contributed by atoms with van der Waals surface area (Å²) in [6.45, 7) is 12.7. The lowest BCUT2D eigenvalue weighted by molar-refractivity contribution is -0.119. The molecule has 0 heterocycles. The monoisotopic (exact) mass is 247 g/mol. The molecule has 0 unspecified atom stereocenters. The SMILES string of the molecule is CC(C)(C)NC(=O)CSCCOC(C)(C)C. The number of nitrogens with one attached hydrogen (secondary N) is 1. The van der Waals surface area contributed by atoms with Crippen molar-refractivity contribution in [1.82, 2.24) is 5.32 Å². The van der Waals surface area contributed by atoms with Crippen molar-refractivity contribution in [3.63, 3.8) is 0 Å². The van der Waals surface area contributed by atoms with E-state index < -0.39 is 0 Å². The van der Waals surface area contributed by atoms with Gasteiger partial charge >= 0.3 is 0 Å². The Morgan fingerprint density at radius 1 is 1.19 bits per heavy atom. The summed E-state index contributed by atoms with van der Waals surface area (Å²) in [7, 11) is 0. The Bertz CT molecular complexity index is 216. The summed E-state index contributed by atoms with van der Waals surface area (Å²) in [5.74, 6) is 1.45. The van der Waals surface area contributed by atoms with Gasteiger partial charge in [-0.05, 0) is 41.5 Å². The second-order valence-electron chi connectivity index (χ2n) is 5.81. The van der Waals surface area contributed by atoms with E-state index >= 15 is 0 Å². The maximum Gasteiger partial charge on any atom is 0.230 e. The molecule has 0 aromatic heterocycles. The highest BCUT2D eigenvalue weighted by atomic mass is 32.2. The van der Waals surface area contributed by atoms with E-state index in [1.807, 2.05) is 41.5 Å². The lowest BCUT2D eigenvalue weighted by Gasteiger charge is -2.21. The van der Waals surface area contributed by atoms with Crippen molar-refractivity contribution in [1.29, 1.82) is 0 Å². The number of rotatable bonds is 5. The van der Waals surface area contributed by atoms with Crippen LogP contribution in [0.3, 0.4) is 0 Å². The van der Waals surface area contributed by atoms with E-state index in [9.17, 15) is 4.79 Å². The fourth-order valence-electron chi connectivity index (χ4n) is 1.03. The normalized spacial score (nSPS) is 12.6. The van der Waals surface area contributed by atoms with Crippen LogP contribution in [0.4, 0.5) is 0 Å². The molecule has 1 amide bonds. The van der Waals surface area contributed by atoms with E-state index in [-0.39, 0.29) is 17.0 Å². The molecule has 0 radical (unpaired) electrons. The summed E-state index contributed by atoms with van der Waals surface area (Å²) in [4.78, 5) is 11.4. The second kappa shape index (κ2) is 6.50. The van der Waals surface area contributed by atoms with Crippen LogP contribution in [-0.4, -0.2) is 35.2 Å². The van der Waals surface area contributed by atoms with Crippen LogP contribution in [0.2, 0.25) is 0 Å². The van der Waals surface area contributed by atoms with Crippen LogP contribution in [0.1, 0.15) is 41.5 Å². The van der Waals surface area contributed by atoms with Crippen molar-refractivity contribution >= 4 is 17.7 Å². The fraction of sp³-hybridized carbons (Fsp3) is 0.917. The average Bonchev–Trinajstić information content (AvgIpc) is 1.97. The largest absolute Gasteiger partial charge is 0.375 e. The molecule has 0 rings (SSSR count). The third kappa shape index (κ3) is 11.9. The molecule has 0 bridgehead atoms. The molecule has 3 nitrogen and oxygen atoms in total. The van der Waals surface area contributed by atoms with Crippen molar-refractivity contribution in [2.75, 3.05) is 18.1 Å². The predicted octanol–water partition coefficient (Wildman–Crippen LogP) is 2.45. The molecule has 0 spiro atoms. The Morgan fingerprint density at radius 2 is 1.75 bits per heavy atom. The maximum absolute atomic E-state index is 11.4. The molecule has 0 aliphatic heterocycles. The summed E-state index contributed by atoms with van der Waals surface area (Å²) in [5, 5.41) is 2.93. The van der Waals surface area contributed by atoms with Gasteiger partial charge in [0.1, 0.15) is 0 Å². The van der Waals surface area contributed by atoms with E-state index in [1.165, 1.54) is 0 Å². The molecule has 0 saturated heterocycles. The van der Waals surface area contributed by atoms with Gasteiger partial charge in [0.05, 0.1) is 18.0 Å². The van der Waals surface area contributed by atoms with Gasteiger partial charge in [-0.1, -0.05) is 0 Å². The smallest absolute Gasteiger partial charge is 0.230 e. The van der Waals surface area contributed by atoms with Crippen molar-refractivity contribution in [2.24, 2.45) is 0 Å². The summed E-state index contributed by atoms with van der Waals surface area (Å²) in [5.41, 5.74) is -0.228. The first-order valence-corrected chi connectivity index (χ1v) is 6.78. The van der Waals surface area contributed by atoms with Crippen molar-refractivity contribution in [2.45, 2.75) is 52.7 Å². The van der Waals surface area contributed by atoms with E-state index in [0.717, 1.165) is 5.75 Å². The Labute approximate surface area is 104 Å². The van der Waals surface area contributed by atoms with Gasteiger partial charge in [-0.25, -0.2) is 0 Å². The molecule has 0 aliphatic carbocycles. The first-order valence-electron chi connectivity index (χ1n) is 5.63. The van der Waals surface area contributed by atoms with Gasteiger partial charge in [-0.2, -0.15) is 0 Å². The molecule has 0 aliphatic rings. The molecule has 1 N–H and O–H groups in total. The first kappa shape index (κ1) is 15.8. The van der Waals surface area contributed by atoms with Gasteiger partial charge in [0.25, 0.3) is 0 Å². The quantitative estimate of drug-likeness (QED) is 0.758. The Morgan fingerprint density at radius 3 is 2.19 bits per heavy atom. The van der Waals surface area contributed by atoms with E-state index in [2.05, 4.69) is 5.32 Å². The summed E-state index contributed by atoms with van der Waals surface area (Å²) >= 11 is 1.61. The van der Waals surface area contributed by atoms with Crippen LogP contribution < -0.4 is 5.32 Å². The number of amides is 1. The highest BCUT2D eigenvalue weighted by Gasteiger charge is 2.13. The molecular weight excluding hydrogens is 222 g/mol. The van der Waals surface area contributed by atoms with Crippen LogP contribution in [0.15, 0.2) is 0 Å². The van der Waals surface area contributed by atoms with Gasteiger partial charge in [0.15, 0.2) is 0 Å². The minimum absolute atomic E-state index is 0.0891. The van der Waals surface area contributed by atoms with Crippen molar-refractivity contribution in [3.8, 4) is 0 Å². The molecule has 96 valence electrons. The molecule has 0 atom stereocenters. The summed E-state index contributed by atoms with van der Waals surface area (Å²) in [6.07, 6.45) is 0. The standard InChI is InChI=1S/C12H25NO2S/c1-11(2,3)13-10(14)9-16-8-7-15-12(4,5)6/h7-9H2,1-6H3,(H,13,14). The molecule has 0 fully saturated rings. The maximum atomic E-state index is 11.4. The topological polar surface area (TPSA) is 38.3 Å². The zero-order valence-corrected chi connectivity index (χ0v) is 12.2. The van der Waals surface area contributed by atoms with Crippen molar-refractivity contribution < 1.29 is 9.53 Å². The van der Waals surface area contributed by atoms with Crippen LogP contribution in [0, 0.1) is 0 Å². The third-order valence-electron chi connectivity index (χ3n) is 1.51. The molecular formula is C12H25NO2S. The number of ether oxygens (including phenoxy) is 1. The number of thioether (sulfide) groups is 1. The van der Waals surface area contributed by atoms with E-state index in [4.69, 9.17) is 4.74 Å². The number of carbonyl (C=O) groups is 1. The highest BCUT2D eigenvalue weighted by Crippen LogP contribution is 2.09. The van der Waals surface area contributed by atoms with Gasteiger partial charge in [-0.15, -0.1) is 11.8 Å². The summed E-state index contributed by atoms with van der Waals surface area (Å²) in [6, 6.07) is 0. The minimum Gasteiger partial charge on any atom is -0.375 e. The van der Waals surface area contributed by atoms with Gasteiger partial charge in [-0.3, -0.25) is 4.79 Å². The van der Waals surface area contributed by atoms with E-state index in [0.29, 0.717) is 12.4 Å². The van der Waals surface area contributed by atoms with E-state index in [1.54, 1.807) is 11.8 Å². The van der Waals surface area contributed by atoms with Crippen LogP contribution in [0.5, 0.6) is 0 Å². The lowest BCUT2D eigenvalue weighted by Crippen LogP contribution is -2.41.